The van der Waals surface area contributed by atoms with Gasteiger partial charge in [-0.05, 0) is 92.8 Å². The molecule has 0 spiro atoms. The summed E-state index contributed by atoms with van der Waals surface area (Å²) < 4.78 is 0.562. The van der Waals surface area contributed by atoms with E-state index in [1.807, 2.05) is 0 Å². The highest BCUT2D eigenvalue weighted by Crippen LogP contribution is 2.60. The SMILES string of the molecule is CC1CC2C(CC(S)C3CC4CCC(C)(S)C4CCC13)CC2(C)S. The van der Waals surface area contributed by atoms with E-state index in [1.165, 1.54) is 51.4 Å². The average molecular weight is 385 g/mol. The minimum Gasteiger partial charge on any atom is -0.176 e. The van der Waals surface area contributed by atoms with Gasteiger partial charge in [0.25, 0.3) is 0 Å². The standard InChI is InChI=1S/C21H36S3/c1-12-8-18-14(11-21(18,3)24)10-19(22)16-9-13-6-7-20(2,23)17(13)5-4-15(12)16/h12-19,22-24H,4-11H2,1-3H3. The van der Waals surface area contributed by atoms with E-state index in [1.54, 1.807) is 0 Å². The maximum absolute atomic E-state index is 5.21. The van der Waals surface area contributed by atoms with Crippen LogP contribution >= 0.6 is 37.9 Å². The lowest BCUT2D eigenvalue weighted by Crippen LogP contribution is -2.52. The molecule has 0 aromatic carbocycles. The summed E-state index contributed by atoms with van der Waals surface area (Å²) in [6, 6.07) is 0. The molecule has 4 aliphatic carbocycles. The smallest absolute Gasteiger partial charge is 0.0135 e. The first kappa shape index (κ1) is 18.4. The fourth-order valence-corrected chi connectivity index (χ4v) is 9.02. The van der Waals surface area contributed by atoms with Crippen molar-refractivity contribution in [2.75, 3.05) is 0 Å². The molecule has 4 saturated carbocycles. The summed E-state index contributed by atoms with van der Waals surface area (Å²) in [5.74, 6) is 6.03. The molecule has 0 aromatic rings. The second-order valence-electron chi connectivity index (χ2n) is 10.3. The third kappa shape index (κ3) is 3.01. The third-order valence-corrected chi connectivity index (χ3v) is 10.4. The van der Waals surface area contributed by atoms with Gasteiger partial charge in [-0.1, -0.05) is 20.8 Å². The Morgan fingerprint density at radius 1 is 0.792 bits per heavy atom. The van der Waals surface area contributed by atoms with E-state index in [2.05, 4.69) is 20.8 Å². The van der Waals surface area contributed by atoms with Crippen LogP contribution in [-0.2, 0) is 0 Å². The summed E-state index contributed by atoms with van der Waals surface area (Å²) in [6.07, 6.45) is 11.0. The molecule has 4 rings (SSSR count). The first-order chi connectivity index (χ1) is 11.2. The summed E-state index contributed by atoms with van der Waals surface area (Å²) in [7, 11) is 0. The zero-order valence-corrected chi connectivity index (χ0v) is 18.3. The van der Waals surface area contributed by atoms with Gasteiger partial charge < -0.3 is 0 Å². The monoisotopic (exact) mass is 384 g/mol. The lowest BCUT2D eigenvalue weighted by Gasteiger charge is -2.55. The highest BCUT2D eigenvalue weighted by Gasteiger charge is 2.53. The molecular weight excluding hydrogens is 348 g/mol. The van der Waals surface area contributed by atoms with Gasteiger partial charge >= 0.3 is 0 Å². The molecule has 0 amide bonds. The van der Waals surface area contributed by atoms with Crippen molar-refractivity contribution in [3.05, 3.63) is 0 Å². The molecule has 0 aromatic heterocycles. The van der Waals surface area contributed by atoms with E-state index < -0.39 is 0 Å². The Balaban J connectivity index is 1.57. The molecule has 4 fully saturated rings. The molecule has 24 heavy (non-hydrogen) atoms. The van der Waals surface area contributed by atoms with Crippen LogP contribution in [0.1, 0.15) is 72.1 Å². The molecular formula is C21H36S3. The topological polar surface area (TPSA) is 0 Å². The van der Waals surface area contributed by atoms with E-state index in [9.17, 15) is 0 Å². The Kier molecular flexibility index (Phi) is 4.83. The fourth-order valence-electron chi connectivity index (χ4n) is 7.39. The predicted octanol–water partition coefficient (Wildman–Crippen LogP) is 6.17. The van der Waals surface area contributed by atoms with Crippen LogP contribution in [0.15, 0.2) is 0 Å². The van der Waals surface area contributed by atoms with Gasteiger partial charge in [-0.2, -0.15) is 37.9 Å². The van der Waals surface area contributed by atoms with E-state index in [0.29, 0.717) is 5.25 Å². The van der Waals surface area contributed by atoms with Gasteiger partial charge in [-0.25, -0.2) is 0 Å². The lowest BCUT2D eigenvalue weighted by molar-refractivity contribution is 0.0340. The molecule has 0 bridgehead atoms. The van der Waals surface area contributed by atoms with E-state index >= 15 is 0 Å². The van der Waals surface area contributed by atoms with Crippen LogP contribution in [0.5, 0.6) is 0 Å². The van der Waals surface area contributed by atoms with Gasteiger partial charge in [0.1, 0.15) is 0 Å². The molecule has 3 heteroatoms. The first-order valence-corrected chi connectivity index (χ1v) is 11.7. The molecule has 138 valence electrons. The summed E-state index contributed by atoms with van der Waals surface area (Å²) >= 11 is 15.3. The molecule has 0 radical (unpaired) electrons. The van der Waals surface area contributed by atoms with Gasteiger partial charge in [0.2, 0.25) is 0 Å². The van der Waals surface area contributed by atoms with Crippen LogP contribution in [0.4, 0.5) is 0 Å². The summed E-state index contributed by atoms with van der Waals surface area (Å²) in [4.78, 5) is 0. The molecule has 4 aliphatic rings. The minimum atomic E-state index is 0.280. The number of hydrogen-bond acceptors (Lipinski definition) is 3. The zero-order valence-electron chi connectivity index (χ0n) is 15.6. The van der Waals surface area contributed by atoms with Gasteiger partial charge in [0.15, 0.2) is 0 Å². The Morgan fingerprint density at radius 2 is 1.54 bits per heavy atom. The minimum absolute atomic E-state index is 0.280. The molecule has 0 nitrogen and oxygen atoms in total. The highest BCUT2D eigenvalue weighted by atomic mass is 32.1. The Morgan fingerprint density at radius 3 is 2.25 bits per heavy atom. The van der Waals surface area contributed by atoms with Gasteiger partial charge in [0.05, 0.1) is 0 Å². The molecule has 10 atom stereocenters. The van der Waals surface area contributed by atoms with E-state index in [-0.39, 0.29) is 9.49 Å². The molecule has 0 heterocycles. The number of fused-ring (bicyclic) bond motifs is 3. The second kappa shape index (κ2) is 6.30. The van der Waals surface area contributed by atoms with E-state index in [4.69, 9.17) is 37.9 Å². The highest BCUT2D eigenvalue weighted by molar-refractivity contribution is 7.82. The van der Waals surface area contributed by atoms with Crippen LogP contribution in [0.2, 0.25) is 0 Å². The van der Waals surface area contributed by atoms with Crippen molar-refractivity contribution >= 4 is 37.9 Å². The van der Waals surface area contributed by atoms with Crippen molar-refractivity contribution in [2.45, 2.75) is 86.9 Å². The van der Waals surface area contributed by atoms with Crippen LogP contribution in [0.3, 0.4) is 0 Å². The Hall–Kier alpha value is 1.05. The quantitative estimate of drug-likeness (QED) is 0.409. The van der Waals surface area contributed by atoms with Crippen molar-refractivity contribution < 1.29 is 0 Å². The maximum atomic E-state index is 5.21. The van der Waals surface area contributed by atoms with Crippen LogP contribution < -0.4 is 0 Å². The summed E-state index contributed by atoms with van der Waals surface area (Å²) in [5.41, 5.74) is 0. The van der Waals surface area contributed by atoms with Crippen LogP contribution in [0, 0.1) is 41.4 Å². The van der Waals surface area contributed by atoms with Gasteiger partial charge in [-0.15, -0.1) is 0 Å². The maximum Gasteiger partial charge on any atom is 0.0135 e. The summed E-state index contributed by atoms with van der Waals surface area (Å²) in [6.45, 7) is 7.33. The van der Waals surface area contributed by atoms with Gasteiger partial charge in [-0.3, -0.25) is 0 Å². The predicted molar refractivity (Wildman–Crippen MR) is 115 cm³/mol. The van der Waals surface area contributed by atoms with Gasteiger partial charge in [0, 0.05) is 14.7 Å². The number of rotatable bonds is 0. The normalized spacial score (nSPS) is 60.8. The Labute approximate surface area is 165 Å². The summed E-state index contributed by atoms with van der Waals surface area (Å²) in [5, 5.41) is 0.611. The average Bonchev–Trinajstić information content (AvgIpc) is 2.68. The molecule has 0 saturated heterocycles. The largest absolute Gasteiger partial charge is 0.176 e. The fraction of sp³-hybridized carbons (Fsp3) is 1.00. The third-order valence-electron chi connectivity index (χ3n) is 8.76. The Bertz CT molecular complexity index is 485. The first-order valence-electron chi connectivity index (χ1n) is 10.3. The second-order valence-corrected chi connectivity index (χ2v) is 13.1. The van der Waals surface area contributed by atoms with Crippen molar-refractivity contribution in [1.82, 2.24) is 0 Å². The molecule has 0 N–H and O–H groups in total. The van der Waals surface area contributed by atoms with E-state index in [0.717, 1.165) is 41.4 Å². The molecule has 10 unspecified atom stereocenters. The lowest BCUT2D eigenvalue weighted by atomic mass is 9.56. The van der Waals surface area contributed by atoms with Crippen molar-refractivity contribution in [3.8, 4) is 0 Å². The van der Waals surface area contributed by atoms with Crippen molar-refractivity contribution in [2.24, 2.45) is 41.4 Å². The number of thiol groups is 3. The van der Waals surface area contributed by atoms with Crippen LogP contribution in [-0.4, -0.2) is 14.7 Å². The van der Waals surface area contributed by atoms with Crippen molar-refractivity contribution in [3.63, 3.8) is 0 Å². The molecule has 0 aliphatic heterocycles. The zero-order chi connectivity index (χ0) is 17.3. The van der Waals surface area contributed by atoms with Crippen molar-refractivity contribution in [1.29, 1.82) is 0 Å². The number of hydrogen-bond donors (Lipinski definition) is 3. The van der Waals surface area contributed by atoms with Crippen LogP contribution in [0.25, 0.3) is 0 Å².